The Morgan fingerprint density at radius 1 is 1.35 bits per heavy atom. The third kappa shape index (κ3) is 4.03. The Bertz CT molecular complexity index is 443. The van der Waals surface area contributed by atoms with Gasteiger partial charge in [0.05, 0.1) is 6.42 Å². The standard InChI is InChI=1S/C15H24N4O/c1-19(14-6-8-17-9-7-14)11-13-5-3-2-4-12(13)10-15(20)18-16/h2-5,14,17H,6-11,16H2,1H3,(H,18,20). The molecule has 1 aromatic rings. The summed E-state index contributed by atoms with van der Waals surface area (Å²) in [5, 5.41) is 3.39. The van der Waals surface area contributed by atoms with Crippen LogP contribution in [0.4, 0.5) is 0 Å². The number of hydrogen-bond acceptors (Lipinski definition) is 4. The van der Waals surface area contributed by atoms with Gasteiger partial charge in [-0.05, 0) is 44.1 Å². The minimum atomic E-state index is -0.151. The molecule has 0 saturated carbocycles. The van der Waals surface area contributed by atoms with Crippen LogP contribution in [0.5, 0.6) is 0 Å². The molecule has 1 aromatic carbocycles. The molecule has 1 heterocycles. The molecule has 110 valence electrons. The maximum atomic E-state index is 11.5. The SMILES string of the molecule is CN(Cc1ccccc1CC(=O)NN)C1CCNCC1. The summed E-state index contributed by atoms with van der Waals surface area (Å²) < 4.78 is 0. The molecule has 2 rings (SSSR count). The fourth-order valence-electron chi connectivity index (χ4n) is 2.75. The van der Waals surface area contributed by atoms with Crippen molar-refractivity contribution in [3.05, 3.63) is 35.4 Å². The van der Waals surface area contributed by atoms with Gasteiger partial charge >= 0.3 is 0 Å². The smallest absolute Gasteiger partial charge is 0.238 e. The molecule has 1 aliphatic rings. The molecular weight excluding hydrogens is 252 g/mol. The molecule has 0 aliphatic carbocycles. The highest BCUT2D eigenvalue weighted by Gasteiger charge is 2.18. The Morgan fingerprint density at radius 2 is 2.00 bits per heavy atom. The fourth-order valence-corrected chi connectivity index (χ4v) is 2.75. The Labute approximate surface area is 120 Å². The van der Waals surface area contributed by atoms with Gasteiger partial charge in [-0.1, -0.05) is 24.3 Å². The molecule has 5 nitrogen and oxygen atoms in total. The number of rotatable bonds is 5. The van der Waals surface area contributed by atoms with E-state index in [0.717, 1.165) is 25.2 Å². The quantitative estimate of drug-likeness (QED) is 0.414. The molecule has 4 N–H and O–H groups in total. The zero-order chi connectivity index (χ0) is 14.4. The molecule has 1 fully saturated rings. The van der Waals surface area contributed by atoms with E-state index in [1.807, 2.05) is 18.2 Å². The molecule has 1 aliphatic heterocycles. The zero-order valence-electron chi connectivity index (χ0n) is 12.1. The van der Waals surface area contributed by atoms with Crippen LogP contribution in [0.1, 0.15) is 24.0 Å². The van der Waals surface area contributed by atoms with Crippen molar-refractivity contribution in [3.63, 3.8) is 0 Å². The number of nitrogens with two attached hydrogens (primary N) is 1. The number of carbonyl (C=O) groups is 1. The summed E-state index contributed by atoms with van der Waals surface area (Å²) in [5.74, 6) is 5.02. The van der Waals surface area contributed by atoms with Gasteiger partial charge in [0.25, 0.3) is 0 Å². The van der Waals surface area contributed by atoms with Gasteiger partial charge in [-0.2, -0.15) is 0 Å². The first-order valence-electron chi connectivity index (χ1n) is 7.18. The first-order valence-corrected chi connectivity index (χ1v) is 7.18. The van der Waals surface area contributed by atoms with Crippen molar-refractivity contribution in [3.8, 4) is 0 Å². The van der Waals surface area contributed by atoms with E-state index in [9.17, 15) is 4.79 Å². The summed E-state index contributed by atoms with van der Waals surface area (Å²) >= 11 is 0. The summed E-state index contributed by atoms with van der Waals surface area (Å²) in [5.41, 5.74) is 4.45. The first kappa shape index (κ1) is 15.0. The lowest BCUT2D eigenvalue weighted by atomic mass is 10.0. The average molecular weight is 276 g/mol. The van der Waals surface area contributed by atoms with Crippen molar-refractivity contribution in [2.45, 2.75) is 31.8 Å². The van der Waals surface area contributed by atoms with Crippen molar-refractivity contribution < 1.29 is 4.79 Å². The second-order valence-electron chi connectivity index (χ2n) is 5.41. The van der Waals surface area contributed by atoms with E-state index in [1.165, 1.54) is 18.4 Å². The summed E-state index contributed by atoms with van der Waals surface area (Å²) in [6, 6.07) is 8.70. The van der Waals surface area contributed by atoms with Crippen LogP contribution in [0.15, 0.2) is 24.3 Å². The normalized spacial score (nSPS) is 16.4. The number of carbonyl (C=O) groups excluding carboxylic acids is 1. The fraction of sp³-hybridized carbons (Fsp3) is 0.533. The number of nitrogens with zero attached hydrogens (tertiary/aromatic N) is 1. The molecule has 20 heavy (non-hydrogen) atoms. The largest absolute Gasteiger partial charge is 0.317 e. The number of nitrogens with one attached hydrogen (secondary N) is 2. The van der Waals surface area contributed by atoms with Gasteiger partial charge in [-0.3, -0.25) is 15.1 Å². The molecule has 0 atom stereocenters. The number of hydrogen-bond donors (Lipinski definition) is 3. The van der Waals surface area contributed by atoms with Gasteiger partial charge in [0.2, 0.25) is 5.91 Å². The Morgan fingerprint density at radius 3 is 2.65 bits per heavy atom. The minimum absolute atomic E-state index is 0.151. The van der Waals surface area contributed by atoms with Crippen LogP contribution in [0.25, 0.3) is 0 Å². The van der Waals surface area contributed by atoms with Crippen LogP contribution in [0.3, 0.4) is 0 Å². The zero-order valence-corrected chi connectivity index (χ0v) is 12.1. The van der Waals surface area contributed by atoms with Gasteiger partial charge < -0.3 is 5.32 Å². The molecule has 0 bridgehead atoms. The molecule has 1 amide bonds. The number of amides is 1. The van der Waals surface area contributed by atoms with Gasteiger partial charge in [0.1, 0.15) is 0 Å². The van der Waals surface area contributed by atoms with Crippen molar-refractivity contribution >= 4 is 5.91 Å². The number of hydrazine groups is 1. The second kappa shape index (κ2) is 7.38. The van der Waals surface area contributed by atoms with E-state index in [2.05, 4.69) is 28.8 Å². The average Bonchev–Trinajstić information content (AvgIpc) is 2.50. The molecule has 0 radical (unpaired) electrons. The molecule has 1 saturated heterocycles. The van der Waals surface area contributed by atoms with Crippen molar-refractivity contribution in [1.82, 2.24) is 15.6 Å². The topological polar surface area (TPSA) is 70.4 Å². The molecule has 0 unspecified atom stereocenters. The van der Waals surface area contributed by atoms with E-state index >= 15 is 0 Å². The minimum Gasteiger partial charge on any atom is -0.317 e. The first-order chi connectivity index (χ1) is 9.70. The third-order valence-corrected chi connectivity index (χ3v) is 3.98. The van der Waals surface area contributed by atoms with E-state index in [4.69, 9.17) is 5.84 Å². The Balaban J connectivity index is 2.02. The molecule has 0 aromatic heterocycles. The lowest BCUT2D eigenvalue weighted by Gasteiger charge is -2.32. The third-order valence-electron chi connectivity index (χ3n) is 3.98. The van der Waals surface area contributed by atoms with Crippen LogP contribution >= 0.6 is 0 Å². The van der Waals surface area contributed by atoms with E-state index in [1.54, 1.807) is 0 Å². The van der Waals surface area contributed by atoms with Crippen molar-refractivity contribution in [2.75, 3.05) is 20.1 Å². The summed E-state index contributed by atoms with van der Waals surface area (Å²) in [7, 11) is 2.16. The summed E-state index contributed by atoms with van der Waals surface area (Å²) in [6.45, 7) is 3.05. The van der Waals surface area contributed by atoms with Crippen molar-refractivity contribution in [2.24, 2.45) is 5.84 Å². The predicted molar refractivity (Wildman–Crippen MR) is 79.8 cm³/mol. The van der Waals surface area contributed by atoms with Gasteiger partial charge in [0.15, 0.2) is 0 Å². The van der Waals surface area contributed by atoms with Crippen LogP contribution in [-0.4, -0.2) is 37.0 Å². The Kier molecular flexibility index (Phi) is 5.52. The molecule has 5 heteroatoms. The van der Waals surface area contributed by atoms with Crippen LogP contribution in [0, 0.1) is 0 Å². The lowest BCUT2D eigenvalue weighted by molar-refractivity contribution is -0.120. The van der Waals surface area contributed by atoms with E-state index in [0.29, 0.717) is 12.5 Å². The van der Waals surface area contributed by atoms with Gasteiger partial charge in [-0.15, -0.1) is 0 Å². The predicted octanol–water partition coefficient (Wildman–Crippen LogP) is 0.403. The maximum Gasteiger partial charge on any atom is 0.238 e. The summed E-state index contributed by atoms with van der Waals surface area (Å²) in [6.07, 6.45) is 2.71. The van der Waals surface area contributed by atoms with Crippen LogP contribution < -0.4 is 16.6 Å². The Hall–Kier alpha value is -1.43. The second-order valence-corrected chi connectivity index (χ2v) is 5.41. The van der Waals surface area contributed by atoms with E-state index in [-0.39, 0.29) is 5.91 Å². The summed E-state index contributed by atoms with van der Waals surface area (Å²) in [4.78, 5) is 13.9. The number of piperidine rings is 1. The monoisotopic (exact) mass is 276 g/mol. The highest BCUT2D eigenvalue weighted by Crippen LogP contribution is 2.16. The molecular formula is C15H24N4O. The maximum absolute atomic E-state index is 11.5. The van der Waals surface area contributed by atoms with E-state index < -0.39 is 0 Å². The van der Waals surface area contributed by atoms with Crippen LogP contribution in [0.2, 0.25) is 0 Å². The highest BCUT2D eigenvalue weighted by atomic mass is 16.2. The van der Waals surface area contributed by atoms with Crippen molar-refractivity contribution in [1.29, 1.82) is 0 Å². The van der Waals surface area contributed by atoms with Gasteiger partial charge in [-0.25, -0.2) is 5.84 Å². The molecule has 0 spiro atoms. The van der Waals surface area contributed by atoms with Gasteiger partial charge in [0, 0.05) is 12.6 Å². The lowest BCUT2D eigenvalue weighted by Crippen LogP contribution is -2.41. The van der Waals surface area contributed by atoms with Crippen LogP contribution in [-0.2, 0) is 17.8 Å². The highest BCUT2D eigenvalue weighted by molar-refractivity contribution is 5.78. The number of benzene rings is 1.